The molecule has 13 heavy (non-hydrogen) atoms. The molecule has 0 aromatic rings. The third-order valence-electron chi connectivity index (χ3n) is 2.11. The fourth-order valence-electron chi connectivity index (χ4n) is 1.39. The highest BCUT2D eigenvalue weighted by Gasteiger charge is 2.06. The number of hydrogen-bond donors (Lipinski definition) is 2. The Hall–Kier alpha value is -0.570. The first-order chi connectivity index (χ1) is 6.20. The topological polar surface area (TPSA) is 55.1 Å². The Morgan fingerprint density at radius 3 is 2.46 bits per heavy atom. The molecular weight excluding hydrogens is 164 g/mol. The van der Waals surface area contributed by atoms with E-state index in [-0.39, 0.29) is 5.91 Å². The monoisotopic (exact) mass is 186 g/mol. The van der Waals surface area contributed by atoms with Gasteiger partial charge in [-0.15, -0.1) is 0 Å². The van der Waals surface area contributed by atoms with Crippen LogP contribution < -0.4 is 11.1 Å². The Kier molecular flexibility index (Phi) is 7.69. The number of hydrogen-bond acceptors (Lipinski definition) is 2. The van der Waals surface area contributed by atoms with Crippen LogP contribution in [0.2, 0.25) is 0 Å². The van der Waals surface area contributed by atoms with E-state index in [4.69, 9.17) is 5.73 Å². The minimum Gasteiger partial charge on any atom is -0.369 e. The van der Waals surface area contributed by atoms with E-state index in [9.17, 15) is 4.79 Å². The Labute approximate surface area is 81.1 Å². The maximum Gasteiger partial charge on any atom is 0.231 e. The summed E-state index contributed by atoms with van der Waals surface area (Å²) in [5.74, 6) is -0.266. The van der Waals surface area contributed by atoms with Crippen molar-refractivity contribution in [2.24, 2.45) is 5.73 Å². The number of carbonyl (C=O) groups is 1. The molecule has 0 bridgehead atoms. The van der Waals surface area contributed by atoms with Crippen LogP contribution in [0.25, 0.3) is 0 Å². The molecule has 3 nitrogen and oxygen atoms in total. The molecule has 0 radical (unpaired) electrons. The van der Waals surface area contributed by atoms with Crippen LogP contribution in [0.1, 0.15) is 46.0 Å². The normalized spacial score (nSPS) is 12.8. The van der Waals surface area contributed by atoms with E-state index >= 15 is 0 Å². The first-order valence-electron chi connectivity index (χ1n) is 5.22. The summed E-state index contributed by atoms with van der Waals surface area (Å²) in [6.07, 6.45) is 5.86. The van der Waals surface area contributed by atoms with E-state index in [1.54, 1.807) is 0 Å². The van der Waals surface area contributed by atoms with Gasteiger partial charge in [-0.3, -0.25) is 4.79 Å². The highest BCUT2D eigenvalue weighted by atomic mass is 16.1. The molecule has 0 rings (SSSR count). The van der Waals surface area contributed by atoms with Crippen LogP contribution in [0.4, 0.5) is 0 Å². The average molecular weight is 186 g/mol. The SMILES string of the molecule is CCCCC(CCC)NCC(N)=O. The van der Waals surface area contributed by atoms with Crippen molar-refractivity contribution in [2.75, 3.05) is 6.54 Å². The summed E-state index contributed by atoms with van der Waals surface area (Å²) in [5, 5.41) is 3.18. The average Bonchev–Trinajstić information content (AvgIpc) is 2.09. The second kappa shape index (κ2) is 8.05. The standard InChI is InChI=1S/C10H22N2O/c1-3-5-7-9(6-4-2)12-8-10(11)13/h9,12H,3-8H2,1-2H3,(H2,11,13). The highest BCUT2D eigenvalue weighted by molar-refractivity contribution is 5.75. The van der Waals surface area contributed by atoms with Crippen LogP contribution in [0.5, 0.6) is 0 Å². The zero-order valence-corrected chi connectivity index (χ0v) is 8.81. The number of primary amides is 1. The van der Waals surface area contributed by atoms with Crippen LogP contribution in [0, 0.1) is 0 Å². The number of nitrogens with two attached hydrogens (primary N) is 1. The fourth-order valence-corrected chi connectivity index (χ4v) is 1.39. The molecule has 0 saturated heterocycles. The summed E-state index contributed by atoms with van der Waals surface area (Å²) in [6.45, 7) is 4.65. The molecular formula is C10H22N2O. The first kappa shape index (κ1) is 12.4. The Morgan fingerprint density at radius 1 is 1.31 bits per heavy atom. The van der Waals surface area contributed by atoms with Crippen LogP contribution >= 0.6 is 0 Å². The summed E-state index contributed by atoms with van der Waals surface area (Å²) in [6, 6.07) is 0.470. The number of rotatable bonds is 8. The zero-order chi connectivity index (χ0) is 10.1. The van der Waals surface area contributed by atoms with Crippen molar-refractivity contribution in [1.82, 2.24) is 5.32 Å². The lowest BCUT2D eigenvalue weighted by molar-refractivity contribution is -0.117. The van der Waals surface area contributed by atoms with Gasteiger partial charge in [-0.05, 0) is 12.8 Å². The quantitative estimate of drug-likeness (QED) is 0.602. The lowest BCUT2D eigenvalue weighted by Crippen LogP contribution is -2.36. The lowest BCUT2D eigenvalue weighted by atomic mass is 10.1. The van der Waals surface area contributed by atoms with Gasteiger partial charge in [-0.25, -0.2) is 0 Å². The molecule has 0 aliphatic heterocycles. The minimum absolute atomic E-state index is 0.266. The molecule has 0 heterocycles. The molecule has 0 aliphatic rings. The van der Waals surface area contributed by atoms with E-state index in [1.807, 2.05) is 0 Å². The molecule has 0 saturated carbocycles. The number of amides is 1. The van der Waals surface area contributed by atoms with Crippen LogP contribution in [-0.4, -0.2) is 18.5 Å². The molecule has 3 N–H and O–H groups in total. The van der Waals surface area contributed by atoms with E-state index in [2.05, 4.69) is 19.2 Å². The van der Waals surface area contributed by atoms with Gasteiger partial charge in [0.1, 0.15) is 0 Å². The maximum absolute atomic E-state index is 10.5. The van der Waals surface area contributed by atoms with Crippen LogP contribution in [0.15, 0.2) is 0 Å². The fraction of sp³-hybridized carbons (Fsp3) is 0.900. The molecule has 1 atom stereocenters. The van der Waals surface area contributed by atoms with Gasteiger partial charge < -0.3 is 11.1 Å². The maximum atomic E-state index is 10.5. The van der Waals surface area contributed by atoms with E-state index < -0.39 is 0 Å². The Morgan fingerprint density at radius 2 is 2.00 bits per heavy atom. The molecule has 0 aliphatic carbocycles. The molecule has 3 heteroatoms. The van der Waals surface area contributed by atoms with Crippen molar-refractivity contribution in [2.45, 2.75) is 52.0 Å². The summed E-state index contributed by atoms with van der Waals surface area (Å²) >= 11 is 0. The zero-order valence-electron chi connectivity index (χ0n) is 8.81. The smallest absolute Gasteiger partial charge is 0.231 e. The van der Waals surface area contributed by atoms with Crippen molar-refractivity contribution in [3.8, 4) is 0 Å². The summed E-state index contributed by atoms with van der Waals surface area (Å²) < 4.78 is 0. The van der Waals surface area contributed by atoms with Gasteiger partial charge >= 0.3 is 0 Å². The third kappa shape index (κ3) is 7.78. The molecule has 1 amide bonds. The molecule has 0 aromatic heterocycles. The van der Waals surface area contributed by atoms with Crippen molar-refractivity contribution in [3.05, 3.63) is 0 Å². The molecule has 0 spiro atoms. The van der Waals surface area contributed by atoms with Crippen LogP contribution in [-0.2, 0) is 4.79 Å². The molecule has 78 valence electrons. The summed E-state index contributed by atoms with van der Waals surface area (Å²) in [5.41, 5.74) is 5.06. The third-order valence-corrected chi connectivity index (χ3v) is 2.11. The van der Waals surface area contributed by atoms with Gasteiger partial charge in [-0.1, -0.05) is 33.1 Å². The van der Waals surface area contributed by atoms with E-state index in [0.717, 1.165) is 19.3 Å². The van der Waals surface area contributed by atoms with E-state index in [0.29, 0.717) is 12.6 Å². The van der Waals surface area contributed by atoms with Gasteiger partial charge in [0.15, 0.2) is 0 Å². The molecule has 0 fully saturated rings. The van der Waals surface area contributed by atoms with Gasteiger partial charge in [0.25, 0.3) is 0 Å². The second-order valence-corrected chi connectivity index (χ2v) is 3.48. The van der Waals surface area contributed by atoms with Gasteiger partial charge in [0.2, 0.25) is 5.91 Å². The number of carbonyl (C=O) groups excluding carboxylic acids is 1. The predicted octanol–water partition coefficient (Wildman–Crippen LogP) is 1.42. The number of unbranched alkanes of at least 4 members (excludes halogenated alkanes) is 1. The summed E-state index contributed by atoms with van der Waals surface area (Å²) in [4.78, 5) is 10.5. The van der Waals surface area contributed by atoms with Gasteiger partial charge in [0, 0.05) is 6.04 Å². The second-order valence-electron chi connectivity index (χ2n) is 3.48. The van der Waals surface area contributed by atoms with E-state index in [1.165, 1.54) is 12.8 Å². The Bertz CT molecular complexity index is 137. The highest BCUT2D eigenvalue weighted by Crippen LogP contribution is 2.06. The van der Waals surface area contributed by atoms with Crippen molar-refractivity contribution >= 4 is 5.91 Å². The predicted molar refractivity (Wildman–Crippen MR) is 55.4 cm³/mol. The molecule has 1 unspecified atom stereocenters. The summed E-state index contributed by atoms with van der Waals surface area (Å²) in [7, 11) is 0. The van der Waals surface area contributed by atoms with Gasteiger partial charge in [-0.2, -0.15) is 0 Å². The Balaban J connectivity index is 3.59. The lowest BCUT2D eigenvalue weighted by Gasteiger charge is -2.16. The largest absolute Gasteiger partial charge is 0.369 e. The van der Waals surface area contributed by atoms with Crippen molar-refractivity contribution in [3.63, 3.8) is 0 Å². The molecule has 0 aromatic carbocycles. The van der Waals surface area contributed by atoms with Crippen LogP contribution in [0.3, 0.4) is 0 Å². The van der Waals surface area contributed by atoms with Crippen molar-refractivity contribution < 1.29 is 4.79 Å². The first-order valence-corrected chi connectivity index (χ1v) is 5.22. The van der Waals surface area contributed by atoms with Gasteiger partial charge in [0.05, 0.1) is 6.54 Å². The number of nitrogens with one attached hydrogen (secondary N) is 1. The minimum atomic E-state index is -0.266. The van der Waals surface area contributed by atoms with Crippen molar-refractivity contribution in [1.29, 1.82) is 0 Å².